The molecule has 0 amide bonds. The van der Waals surface area contributed by atoms with Crippen molar-refractivity contribution in [1.82, 2.24) is 5.32 Å². The summed E-state index contributed by atoms with van der Waals surface area (Å²) in [6, 6.07) is 1.73. The number of ether oxygens (including phenoxy) is 1. The zero-order valence-electron chi connectivity index (χ0n) is 10.6. The molecule has 1 aromatic heterocycles. The van der Waals surface area contributed by atoms with Crippen molar-refractivity contribution < 1.29 is 14.6 Å². The Hall–Kier alpha value is -0.910. The van der Waals surface area contributed by atoms with Crippen molar-refractivity contribution in [3.05, 3.63) is 21.9 Å². The number of carbonyl (C=O) groups is 1. The summed E-state index contributed by atoms with van der Waals surface area (Å²) in [7, 11) is 0. The Kier molecular flexibility index (Phi) is 4.37. The van der Waals surface area contributed by atoms with Gasteiger partial charge in [-0.15, -0.1) is 11.3 Å². The van der Waals surface area contributed by atoms with E-state index < -0.39 is 5.97 Å². The Labute approximate surface area is 111 Å². The van der Waals surface area contributed by atoms with E-state index >= 15 is 0 Å². The minimum Gasteiger partial charge on any atom is -0.477 e. The van der Waals surface area contributed by atoms with Crippen molar-refractivity contribution in [2.24, 2.45) is 0 Å². The first-order valence-electron chi connectivity index (χ1n) is 6.24. The zero-order chi connectivity index (χ0) is 13.0. The molecule has 0 bridgehead atoms. The summed E-state index contributed by atoms with van der Waals surface area (Å²) < 4.78 is 5.79. The highest BCUT2D eigenvalue weighted by molar-refractivity contribution is 7.12. The Morgan fingerprint density at radius 3 is 3.06 bits per heavy atom. The summed E-state index contributed by atoms with van der Waals surface area (Å²) in [5, 5.41) is 14.1. The number of aromatic carboxylic acids is 1. The summed E-state index contributed by atoms with van der Waals surface area (Å²) in [5.41, 5.74) is 0.959. The number of rotatable bonds is 5. The van der Waals surface area contributed by atoms with Crippen molar-refractivity contribution >= 4 is 17.3 Å². The van der Waals surface area contributed by atoms with Gasteiger partial charge in [0.05, 0.1) is 5.60 Å². The van der Waals surface area contributed by atoms with Crippen LogP contribution in [0, 0.1) is 0 Å². The van der Waals surface area contributed by atoms with Gasteiger partial charge in [0.2, 0.25) is 0 Å². The first-order valence-corrected chi connectivity index (χ1v) is 7.12. The zero-order valence-corrected chi connectivity index (χ0v) is 11.4. The van der Waals surface area contributed by atoms with Crippen LogP contribution in [0.2, 0.25) is 0 Å². The largest absolute Gasteiger partial charge is 0.477 e. The molecule has 2 heterocycles. The van der Waals surface area contributed by atoms with E-state index in [0.717, 1.165) is 31.6 Å². The molecule has 18 heavy (non-hydrogen) atoms. The Bertz CT molecular complexity index is 410. The Morgan fingerprint density at radius 2 is 2.44 bits per heavy atom. The van der Waals surface area contributed by atoms with Gasteiger partial charge in [0, 0.05) is 19.7 Å². The van der Waals surface area contributed by atoms with E-state index in [0.29, 0.717) is 11.4 Å². The minimum absolute atomic E-state index is 0.0656. The topological polar surface area (TPSA) is 58.6 Å². The first kappa shape index (κ1) is 13.5. The normalized spacial score (nSPS) is 24.1. The molecule has 2 rings (SSSR count). The molecule has 4 nitrogen and oxygen atoms in total. The highest BCUT2D eigenvalue weighted by Crippen LogP contribution is 2.23. The maximum absolute atomic E-state index is 10.8. The molecule has 0 aliphatic carbocycles. The molecule has 5 heteroatoms. The fourth-order valence-electron chi connectivity index (χ4n) is 2.18. The van der Waals surface area contributed by atoms with Crippen LogP contribution in [-0.2, 0) is 11.3 Å². The number of carboxylic acids is 1. The monoisotopic (exact) mass is 269 g/mol. The van der Waals surface area contributed by atoms with Gasteiger partial charge in [-0.2, -0.15) is 0 Å². The minimum atomic E-state index is -0.853. The Morgan fingerprint density at radius 1 is 1.61 bits per heavy atom. The lowest BCUT2D eigenvalue weighted by Crippen LogP contribution is -2.42. The second kappa shape index (κ2) is 5.82. The van der Waals surface area contributed by atoms with Gasteiger partial charge in [-0.05, 0) is 43.2 Å². The molecule has 100 valence electrons. The van der Waals surface area contributed by atoms with Crippen LogP contribution in [0.1, 0.15) is 41.4 Å². The highest BCUT2D eigenvalue weighted by Gasteiger charge is 2.27. The number of thiophene rings is 1. The summed E-state index contributed by atoms with van der Waals surface area (Å²) in [6.07, 6.45) is 3.46. The molecule has 1 fully saturated rings. The van der Waals surface area contributed by atoms with E-state index in [1.807, 2.05) is 5.38 Å². The van der Waals surface area contributed by atoms with E-state index in [1.54, 1.807) is 6.07 Å². The van der Waals surface area contributed by atoms with Gasteiger partial charge in [0.1, 0.15) is 4.88 Å². The molecule has 1 saturated heterocycles. The van der Waals surface area contributed by atoms with Crippen LogP contribution in [0.4, 0.5) is 0 Å². The molecule has 1 unspecified atom stereocenters. The summed E-state index contributed by atoms with van der Waals surface area (Å²) in [4.78, 5) is 11.2. The molecule has 1 aliphatic heterocycles. The third-order valence-electron chi connectivity index (χ3n) is 3.24. The van der Waals surface area contributed by atoms with Crippen LogP contribution in [0.3, 0.4) is 0 Å². The van der Waals surface area contributed by atoms with Crippen LogP contribution in [0.15, 0.2) is 11.4 Å². The quantitative estimate of drug-likeness (QED) is 0.862. The van der Waals surface area contributed by atoms with Gasteiger partial charge in [0.15, 0.2) is 0 Å². The van der Waals surface area contributed by atoms with Gasteiger partial charge in [0.25, 0.3) is 0 Å². The van der Waals surface area contributed by atoms with Gasteiger partial charge < -0.3 is 15.2 Å². The number of hydrogen-bond acceptors (Lipinski definition) is 4. The van der Waals surface area contributed by atoms with E-state index in [4.69, 9.17) is 9.84 Å². The van der Waals surface area contributed by atoms with Crippen molar-refractivity contribution in [2.75, 3.05) is 13.2 Å². The van der Waals surface area contributed by atoms with Crippen LogP contribution < -0.4 is 5.32 Å². The van der Waals surface area contributed by atoms with Gasteiger partial charge in [-0.3, -0.25) is 0 Å². The molecule has 1 aliphatic rings. The van der Waals surface area contributed by atoms with Gasteiger partial charge in [-0.25, -0.2) is 4.79 Å². The van der Waals surface area contributed by atoms with Crippen molar-refractivity contribution in [1.29, 1.82) is 0 Å². The van der Waals surface area contributed by atoms with Crippen molar-refractivity contribution in [3.63, 3.8) is 0 Å². The molecule has 1 aromatic rings. The molecular formula is C13H19NO3S. The van der Waals surface area contributed by atoms with Crippen LogP contribution in [0.5, 0.6) is 0 Å². The third-order valence-corrected chi connectivity index (χ3v) is 4.21. The average molecular weight is 269 g/mol. The standard InChI is InChI=1S/C13H19NO3S/c1-13(4-2-3-5-17-13)9-14-7-10-6-11(12(15)16)18-8-10/h6,8,14H,2-5,7,9H2,1H3,(H,15,16). The molecule has 2 N–H and O–H groups in total. The summed E-state index contributed by atoms with van der Waals surface area (Å²) in [6.45, 7) is 4.49. The van der Waals surface area contributed by atoms with E-state index in [1.165, 1.54) is 17.8 Å². The highest BCUT2D eigenvalue weighted by atomic mass is 32.1. The van der Waals surface area contributed by atoms with E-state index in [-0.39, 0.29) is 5.60 Å². The fraction of sp³-hybridized carbons (Fsp3) is 0.615. The molecule has 0 saturated carbocycles. The van der Waals surface area contributed by atoms with Crippen LogP contribution in [-0.4, -0.2) is 29.8 Å². The van der Waals surface area contributed by atoms with Crippen molar-refractivity contribution in [2.45, 2.75) is 38.3 Å². The summed E-state index contributed by atoms with van der Waals surface area (Å²) >= 11 is 1.27. The maximum atomic E-state index is 10.8. The lowest BCUT2D eigenvalue weighted by molar-refractivity contribution is -0.0632. The van der Waals surface area contributed by atoms with E-state index in [2.05, 4.69) is 12.2 Å². The SMILES string of the molecule is CC1(CNCc2csc(C(=O)O)c2)CCCCO1. The lowest BCUT2D eigenvalue weighted by atomic mass is 9.96. The molecule has 0 spiro atoms. The smallest absolute Gasteiger partial charge is 0.345 e. The third kappa shape index (κ3) is 3.54. The molecule has 0 radical (unpaired) electrons. The predicted molar refractivity (Wildman–Crippen MR) is 71.2 cm³/mol. The molecular weight excluding hydrogens is 250 g/mol. The number of nitrogens with one attached hydrogen (secondary N) is 1. The number of hydrogen-bond donors (Lipinski definition) is 2. The average Bonchev–Trinajstić information content (AvgIpc) is 2.78. The maximum Gasteiger partial charge on any atom is 0.345 e. The molecule has 0 aromatic carbocycles. The lowest BCUT2D eigenvalue weighted by Gasteiger charge is -2.34. The molecule has 1 atom stereocenters. The van der Waals surface area contributed by atoms with Gasteiger partial charge in [-0.1, -0.05) is 0 Å². The second-order valence-electron chi connectivity index (χ2n) is 4.98. The van der Waals surface area contributed by atoms with Gasteiger partial charge >= 0.3 is 5.97 Å². The van der Waals surface area contributed by atoms with E-state index in [9.17, 15) is 4.79 Å². The predicted octanol–water partition coefficient (Wildman–Crippen LogP) is 2.50. The fourth-order valence-corrected chi connectivity index (χ4v) is 2.93. The summed E-state index contributed by atoms with van der Waals surface area (Å²) in [5.74, 6) is -0.853. The first-order chi connectivity index (χ1) is 8.59. The van der Waals surface area contributed by atoms with Crippen molar-refractivity contribution in [3.8, 4) is 0 Å². The Balaban J connectivity index is 1.78. The van der Waals surface area contributed by atoms with Crippen LogP contribution >= 0.6 is 11.3 Å². The van der Waals surface area contributed by atoms with Crippen LogP contribution in [0.25, 0.3) is 0 Å². The second-order valence-corrected chi connectivity index (χ2v) is 5.89. The number of carboxylic acid groups (broad SMARTS) is 1.